The normalized spacial score (nSPS) is 13.0. The third-order valence-electron chi connectivity index (χ3n) is 3.89. The lowest BCUT2D eigenvalue weighted by molar-refractivity contribution is -0.143. The molecule has 0 spiro atoms. The highest BCUT2D eigenvalue weighted by Crippen LogP contribution is 2.55. The molecular formula is C18H37O5P. The lowest BCUT2D eigenvalue weighted by Gasteiger charge is -2.24. The largest absolute Gasteiger partial charge is 0.465 e. The van der Waals surface area contributed by atoms with Crippen molar-refractivity contribution in [3.63, 3.8) is 0 Å². The van der Waals surface area contributed by atoms with E-state index in [1.54, 1.807) is 20.8 Å². The van der Waals surface area contributed by atoms with Crippen molar-refractivity contribution in [1.82, 2.24) is 0 Å². The van der Waals surface area contributed by atoms with Crippen LogP contribution in [0, 0.1) is 0 Å². The Labute approximate surface area is 148 Å². The Morgan fingerprint density at radius 3 is 1.75 bits per heavy atom. The Bertz CT molecular complexity index is 349. The van der Waals surface area contributed by atoms with Gasteiger partial charge in [-0.05, 0) is 27.2 Å². The first-order chi connectivity index (χ1) is 11.6. The zero-order valence-corrected chi connectivity index (χ0v) is 16.9. The van der Waals surface area contributed by atoms with E-state index in [0.717, 1.165) is 19.3 Å². The van der Waals surface area contributed by atoms with Crippen LogP contribution < -0.4 is 0 Å². The summed E-state index contributed by atoms with van der Waals surface area (Å²) in [6.07, 6.45) is 9.85. The summed E-state index contributed by atoms with van der Waals surface area (Å²) in [7, 11) is -3.46. The predicted octanol–water partition coefficient (Wildman–Crippen LogP) is 5.72. The Morgan fingerprint density at radius 2 is 1.29 bits per heavy atom. The molecule has 6 heteroatoms. The number of carbonyl (C=O) groups is 1. The van der Waals surface area contributed by atoms with Crippen molar-refractivity contribution in [2.75, 3.05) is 19.8 Å². The maximum absolute atomic E-state index is 12.9. The molecule has 0 saturated heterocycles. The molecule has 0 radical (unpaired) electrons. The average molecular weight is 364 g/mol. The Kier molecular flexibility index (Phi) is 14.7. The molecule has 0 heterocycles. The lowest BCUT2D eigenvalue weighted by atomic mass is 10.1. The molecular weight excluding hydrogens is 327 g/mol. The van der Waals surface area contributed by atoms with E-state index in [0.29, 0.717) is 6.42 Å². The summed E-state index contributed by atoms with van der Waals surface area (Å²) in [5.74, 6) is -0.467. The molecule has 0 amide bonds. The number of hydrogen-bond donors (Lipinski definition) is 0. The van der Waals surface area contributed by atoms with Crippen molar-refractivity contribution >= 4 is 13.6 Å². The van der Waals surface area contributed by atoms with E-state index >= 15 is 0 Å². The molecule has 0 aliphatic heterocycles. The van der Waals surface area contributed by atoms with Gasteiger partial charge in [0.1, 0.15) is 0 Å². The molecule has 0 aromatic heterocycles. The van der Waals surface area contributed by atoms with Crippen LogP contribution in [0.3, 0.4) is 0 Å². The maximum Gasteiger partial charge on any atom is 0.344 e. The number of carbonyl (C=O) groups excluding carboxylic acids is 1. The fourth-order valence-electron chi connectivity index (χ4n) is 2.69. The SMILES string of the molecule is CCCCCCCCCC[C@@H](C(=O)OCC)P(=O)(OCC)OCC. The second kappa shape index (κ2) is 14.9. The summed E-state index contributed by atoms with van der Waals surface area (Å²) < 4.78 is 28.7. The van der Waals surface area contributed by atoms with Gasteiger partial charge in [0.25, 0.3) is 0 Å². The minimum atomic E-state index is -3.46. The van der Waals surface area contributed by atoms with Crippen molar-refractivity contribution in [1.29, 1.82) is 0 Å². The van der Waals surface area contributed by atoms with Gasteiger partial charge in [-0.15, -0.1) is 0 Å². The molecule has 0 aromatic carbocycles. The number of rotatable bonds is 16. The first kappa shape index (κ1) is 23.6. The molecule has 0 aliphatic carbocycles. The van der Waals surface area contributed by atoms with Gasteiger partial charge >= 0.3 is 13.6 Å². The molecule has 0 rings (SSSR count). The molecule has 24 heavy (non-hydrogen) atoms. The van der Waals surface area contributed by atoms with Crippen molar-refractivity contribution in [3.05, 3.63) is 0 Å². The van der Waals surface area contributed by atoms with E-state index < -0.39 is 19.2 Å². The summed E-state index contributed by atoms with van der Waals surface area (Å²) >= 11 is 0. The predicted molar refractivity (Wildman–Crippen MR) is 98.5 cm³/mol. The van der Waals surface area contributed by atoms with Gasteiger partial charge in [0.05, 0.1) is 19.8 Å². The molecule has 144 valence electrons. The van der Waals surface area contributed by atoms with Crippen LogP contribution in [-0.4, -0.2) is 31.4 Å². The monoisotopic (exact) mass is 364 g/mol. The zero-order valence-electron chi connectivity index (χ0n) is 16.1. The van der Waals surface area contributed by atoms with Crippen LogP contribution in [0.5, 0.6) is 0 Å². The highest BCUT2D eigenvalue weighted by molar-refractivity contribution is 7.55. The van der Waals surface area contributed by atoms with Crippen molar-refractivity contribution in [3.8, 4) is 0 Å². The van der Waals surface area contributed by atoms with Crippen LogP contribution in [0.2, 0.25) is 0 Å². The van der Waals surface area contributed by atoms with Crippen LogP contribution in [0.4, 0.5) is 0 Å². The number of ether oxygens (including phenoxy) is 1. The highest BCUT2D eigenvalue weighted by Gasteiger charge is 2.41. The van der Waals surface area contributed by atoms with Crippen LogP contribution in [0.15, 0.2) is 0 Å². The van der Waals surface area contributed by atoms with Crippen LogP contribution >= 0.6 is 7.60 Å². The van der Waals surface area contributed by atoms with E-state index in [1.165, 1.54) is 32.1 Å². The Morgan fingerprint density at radius 1 is 0.792 bits per heavy atom. The van der Waals surface area contributed by atoms with E-state index in [-0.39, 0.29) is 19.8 Å². The van der Waals surface area contributed by atoms with Gasteiger partial charge in [-0.1, -0.05) is 58.3 Å². The third kappa shape index (κ3) is 9.80. The molecule has 0 unspecified atom stereocenters. The molecule has 0 bridgehead atoms. The van der Waals surface area contributed by atoms with Crippen LogP contribution in [0.1, 0.15) is 85.5 Å². The van der Waals surface area contributed by atoms with Gasteiger partial charge < -0.3 is 13.8 Å². The molecule has 0 fully saturated rings. The van der Waals surface area contributed by atoms with E-state index in [1.807, 2.05) is 0 Å². The number of esters is 1. The van der Waals surface area contributed by atoms with Crippen molar-refractivity contribution in [2.24, 2.45) is 0 Å². The summed E-state index contributed by atoms with van der Waals surface area (Å²) in [5.41, 5.74) is -0.808. The van der Waals surface area contributed by atoms with E-state index in [4.69, 9.17) is 13.8 Å². The van der Waals surface area contributed by atoms with Gasteiger partial charge in [0.2, 0.25) is 0 Å². The van der Waals surface area contributed by atoms with Gasteiger partial charge in [-0.25, -0.2) is 0 Å². The smallest absolute Gasteiger partial charge is 0.344 e. The molecule has 0 saturated carbocycles. The summed E-state index contributed by atoms with van der Waals surface area (Å²) in [5, 5.41) is 0. The second-order valence-corrected chi connectivity index (χ2v) is 8.13. The molecule has 0 N–H and O–H groups in total. The average Bonchev–Trinajstić information content (AvgIpc) is 2.54. The van der Waals surface area contributed by atoms with Gasteiger partial charge in [-0.3, -0.25) is 9.36 Å². The summed E-state index contributed by atoms with van der Waals surface area (Å²) in [6, 6.07) is 0. The summed E-state index contributed by atoms with van der Waals surface area (Å²) in [4.78, 5) is 12.2. The number of hydrogen-bond acceptors (Lipinski definition) is 5. The van der Waals surface area contributed by atoms with Gasteiger partial charge in [0.15, 0.2) is 5.66 Å². The molecule has 0 aromatic rings. The topological polar surface area (TPSA) is 61.8 Å². The Hall–Kier alpha value is -0.380. The standard InChI is InChI=1S/C18H37O5P/c1-5-9-10-11-12-13-14-15-16-17(18(19)21-6-2)24(20,22-7-3)23-8-4/h17H,5-16H2,1-4H3/t17-/m0/s1. The fourth-order valence-corrected chi connectivity index (χ4v) is 4.68. The van der Waals surface area contributed by atoms with E-state index in [2.05, 4.69) is 6.92 Å². The first-order valence-corrected chi connectivity index (χ1v) is 11.2. The molecule has 1 atom stereocenters. The summed E-state index contributed by atoms with van der Waals surface area (Å²) in [6.45, 7) is 8.25. The van der Waals surface area contributed by atoms with Crippen LogP contribution in [-0.2, 0) is 23.1 Å². The third-order valence-corrected chi connectivity index (χ3v) is 6.36. The zero-order chi connectivity index (χ0) is 18.3. The quantitative estimate of drug-likeness (QED) is 0.199. The highest BCUT2D eigenvalue weighted by atomic mass is 31.2. The van der Waals surface area contributed by atoms with Crippen LogP contribution in [0.25, 0.3) is 0 Å². The minimum absolute atomic E-state index is 0.255. The van der Waals surface area contributed by atoms with Gasteiger partial charge in [0, 0.05) is 0 Å². The van der Waals surface area contributed by atoms with E-state index in [9.17, 15) is 9.36 Å². The molecule has 5 nitrogen and oxygen atoms in total. The maximum atomic E-state index is 12.9. The Balaban J connectivity index is 4.46. The first-order valence-electron chi connectivity index (χ1n) is 9.61. The fraction of sp³-hybridized carbons (Fsp3) is 0.944. The minimum Gasteiger partial charge on any atom is -0.465 e. The molecule has 0 aliphatic rings. The lowest BCUT2D eigenvalue weighted by Crippen LogP contribution is -2.26. The van der Waals surface area contributed by atoms with Crippen molar-refractivity contribution < 1.29 is 23.1 Å². The van der Waals surface area contributed by atoms with Crippen molar-refractivity contribution in [2.45, 2.75) is 91.1 Å². The van der Waals surface area contributed by atoms with Gasteiger partial charge in [-0.2, -0.15) is 0 Å². The number of unbranched alkanes of at least 4 members (excludes halogenated alkanes) is 7. The second-order valence-electron chi connectivity index (χ2n) is 5.91.